The lowest BCUT2D eigenvalue weighted by Gasteiger charge is -2.29. The topological polar surface area (TPSA) is 71.1 Å². The van der Waals surface area contributed by atoms with Crippen molar-refractivity contribution in [3.63, 3.8) is 0 Å². The van der Waals surface area contributed by atoms with E-state index in [1.165, 1.54) is 6.92 Å². The maximum atomic E-state index is 11.8. The molecule has 0 fully saturated rings. The second-order valence-corrected chi connectivity index (χ2v) is 5.60. The molecule has 1 unspecified atom stereocenters. The molecule has 1 aromatic rings. The Hall–Kier alpha value is -1.91. The summed E-state index contributed by atoms with van der Waals surface area (Å²) < 4.78 is 0. The summed E-state index contributed by atoms with van der Waals surface area (Å²) in [6, 6.07) is 2.84. The Morgan fingerprint density at radius 2 is 2.05 bits per heavy atom. The van der Waals surface area contributed by atoms with E-state index in [1.807, 2.05) is 32.9 Å². The zero-order valence-corrected chi connectivity index (χ0v) is 11.9. The van der Waals surface area contributed by atoms with Crippen LogP contribution in [0.15, 0.2) is 24.5 Å². The highest BCUT2D eigenvalue weighted by Gasteiger charge is 2.29. The number of nitrogens with one attached hydrogen (secondary N) is 2. The lowest BCUT2D eigenvalue weighted by Crippen LogP contribution is -2.51. The maximum absolute atomic E-state index is 11.8. The van der Waals surface area contributed by atoms with Gasteiger partial charge in [-0.05, 0) is 24.0 Å². The molecule has 5 heteroatoms. The molecule has 0 aliphatic carbocycles. The molecule has 19 heavy (non-hydrogen) atoms. The van der Waals surface area contributed by atoms with Gasteiger partial charge in [0.25, 0.3) is 0 Å². The molecule has 0 radical (unpaired) electrons. The van der Waals surface area contributed by atoms with E-state index < -0.39 is 6.04 Å². The van der Waals surface area contributed by atoms with Crippen molar-refractivity contribution < 1.29 is 9.59 Å². The zero-order chi connectivity index (χ0) is 14.5. The molecule has 1 atom stereocenters. The Morgan fingerprint density at radius 3 is 2.53 bits per heavy atom. The van der Waals surface area contributed by atoms with E-state index in [4.69, 9.17) is 0 Å². The van der Waals surface area contributed by atoms with Crippen LogP contribution in [0.1, 0.15) is 33.3 Å². The van der Waals surface area contributed by atoms with Gasteiger partial charge in [0.1, 0.15) is 0 Å². The van der Waals surface area contributed by atoms with Crippen LogP contribution < -0.4 is 10.6 Å². The SMILES string of the molecule is CC(=O)C(NC(=O)NCc1cccnc1)C(C)(C)C. The number of ketones is 1. The number of aromatic nitrogens is 1. The average molecular weight is 263 g/mol. The minimum absolute atomic E-state index is 0.0518. The number of rotatable bonds is 4. The normalized spacial score (nSPS) is 12.6. The molecule has 0 aliphatic heterocycles. The van der Waals surface area contributed by atoms with Crippen LogP contribution in [0.3, 0.4) is 0 Å². The Kier molecular flexibility index (Phi) is 5.03. The Labute approximate surface area is 113 Å². The van der Waals surface area contributed by atoms with Crippen molar-refractivity contribution in [3.8, 4) is 0 Å². The molecular weight excluding hydrogens is 242 g/mol. The first kappa shape index (κ1) is 15.1. The summed E-state index contributed by atoms with van der Waals surface area (Å²) in [5.41, 5.74) is 0.602. The minimum Gasteiger partial charge on any atom is -0.334 e. The molecule has 2 N–H and O–H groups in total. The lowest BCUT2D eigenvalue weighted by atomic mass is 9.84. The van der Waals surface area contributed by atoms with Crippen LogP contribution in [0.25, 0.3) is 0 Å². The third-order valence-corrected chi connectivity index (χ3v) is 2.72. The Balaban J connectivity index is 2.52. The van der Waals surface area contributed by atoms with Crippen molar-refractivity contribution in [1.29, 1.82) is 0 Å². The van der Waals surface area contributed by atoms with Crippen LogP contribution in [0.2, 0.25) is 0 Å². The first-order valence-electron chi connectivity index (χ1n) is 6.24. The maximum Gasteiger partial charge on any atom is 0.315 e. The monoisotopic (exact) mass is 263 g/mol. The summed E-state index contributed by atoms with van der Waals surface area (Å²) >= 11 is 0. The van der Waals surface area contributed by atoms with E-state index in [-0.39, 0.29) is 17.2 Å². The molecule has 0 bridgehead atoms. The van der Waals surface area contributed by atoms with Gasteiger partial charge in [0.15, 0.2) is 5.78 Å². The minimum atomic E-state index is -0.499. The molecule has 2 amide bonds. The molecular formula is C14H21N3O2. The van der Waals surface area contributed by atoms with Crippen LogP contribution >= 0.6 is 0 Å². The van der Waals surface area contributed by atoms with Crippen molar-refractivity contribution in [2.24, 2.45) is 5.41 Å². The molecule has 5 nitrogen and oxygen atoms in total. The largest absolute Gasteiger partial charge is 0.334 e. The van der Waals surface area contributed by atoms with E-state index in [1.54, 1.807) is 12.4 Å². The molecule has 1 rings (SSSR count). The lowest BCUT2D eigenvalue weighted by molar-refractivity contribution is -0.121. The molecule has 0 spiro atoms. The fourth-order valence-corrected chi connectivity index (χ4v) is 1.80. The van der Waals surface area contributed by atoms with Gasteiger partial charge in [-0.15, -0.1) is 0 Å². The van der Waals surface area contributed by atoms with Gasteiger partial charge in [-0.3, -0.25) is 9.78 Å². The van der Waals surface area contributed by atoms with Gasteiger partial charge in [-0.1, -0.05) is 26.8 Å². The molecule has 0 aromatic carbocycles. The molecule has 0 saturated heterocycles. The number of amides is 2. The second kappa shape index (κ2) is 6.31. The van der Waals surface area contributed by atoms with Crippen LogP contribution in [-0.4, -0.2) is 22.8 Å². The molecule has 104 valence electrons. The zero-order valence-electron chi connectivity index (χ0n) is 11.9. The van der Waals surface area contributed by atoms with Gasteiger partial charge in [0.2, 0.25) is 0 Å². The predicted octanol–water partition coefficient (Wildman–Crippen LogP) is 1.88. The van der Waals surface area contributed by atoms with Crippen LogP contribution in [0.4, 0.5) is 4.79 Å². The first-order valence-corrected chi connectivity index (χ1v) is 6.24. The third-order valence-electron chi connectivity index (χ3n) is 2.72. The first-order chi connectivity index (χ1) is 8.80. The average Bonchev–Trinajstić information content (AvgIpc) is 2.33. The Bertz CT molecular complexity index is 438. The highest BCUT2D eigenvalue weighted by Crippen LogP contribution is 2.19. The van der Waals surface area contributed by atoms with Crippen molar-refractivity contribution in [1.82, 2.24) is 15.6 Å². The quantitative estimate of drug-likeness (QED) is 0.871. The predicted molar refractivity (Wildman–Crippen MR) is 73.5 cm³/mol. The number of pyridine rings is 1. The number of hydrogen-bond acceptors (Lipinski definition) is 3. The van der Waals surface area contributed by atoms with Gasteiger partial charge >= 0.3 is 6.03 Å². The number of urea groups is 1. The van der Waals surface area contributed by atoms with Crippen molar-refractivity contribution in [2.45, 2.75) is 40.3 Å². The van der Waals surface area contributed by atoms with E-state index in [9.17, 15) is 9.59 Å². The highest BCUT2D eigenvalue weighted by atomic mass is 16.2. The molecule has 0 aliphatic rings. The standard InChI is InChI=1S/C14H21N3O2/c1-10(18)12(14(2,3)4)17-13(19)16-9-11-6-5-7-15-8-11/h5-8,12H,9H2,1-4H3,(H2,16,17,19). The smallest absolute Gasteiger partial charge is 0.315 e. The summed E-state index contributed by atoms with van der Waals surface area (Å²) in [7, 11) is 0. The summed E-state index contributed by atoms with van der Waals surface area (Å²) in [6.45, 7) is 7.62. The Morgan fingerprint density at radius 1 is 1.37 bits per heavy atom. The summed E-state index contributed by atoms with van der Waals surface area (Å²) in [6.07, 6.45) is 3.36. The fourth-order valence-electron chi connectivity index (χ4n) is 1.80. The van der Waals surface area contributed by atoms with E-state index in [2.05, 4.69) is 15.6 Å². The van der Waals surface area contributed by atoms with Crippen molar-refractivity contribution >= 4 is 11.8 Å². The van der Waals surface area contributed by atoms with Gasteiger partial charge in [-0.2, -0.15) is 0 Å². The van der Waals surface area contributed by atoms with Crippen LogP contribution in [0.5, 0.6) is 0 Å². The van der Waals surface area contributed by atoms with Gasteiger partial charge in [-0.25, -0.2) is 4.79 Å². The number of carbonyl (C=O) groups is 2. The van der Waals surface area contributed by atoms with Gasteiger partial charge < -0.3 is 10.6 Å². The molecule has 1 aromatic heterocycles. The van der Waals surface area contributed by atoms with Gasteiger partial charge in [0.05, 0.1) is 6.04 Å². The van der Waals surface area contributed by atoms with E-state index >= 15 is 0 Å². The number of hydrogen-bond donors (Lipinski definition) is 2. The summed E-state index contributed by atoms with van der Waals surface area (Å²) in [4.78, 5) is 27.3. The molecule has 0 saturated carbocycles. The second-order valence-electron chi connectivity index (χ2n) is 5.60. The highest BCUT2D eigenvalue weighted by molar-refractivity contribution is 5.87. The van der Waals surface area contributed by atoms with E-state index in [0.717, 1.165) is 5.56 Å². The number of nitrogens with zero attached hydrogens (tertiary/aromatic N) is 1. The molecule has 1 heterocycles. The number of carbonyl (C=O) groups excluding carboxylic acids is 2. The summed E-state index contributed by atoms with van der Waals surface area (Å²) in [5, 5.41) is 5.42. The van der Waals surface area contributed by atoms with Gasteiger partial charge in [0, 0.05) is 18.9 Å². The summed E-state index contributed by atoms with van der Waals surface area (Å²) in [5.74, 6) is -0.0518. The number of Topliss-reactive ketones (excluding diaryl/α,β-unsaturated/α-hetero) is 1. The van der Waals surface area contributed by atoms with E-state index in [0.29, 0.717) is 6.54 Å². The van der Waals surface area contributed by atoms with Crippen LogP contribution in [-0.2, 0) is 11.3 Å². The third kappa shape index (κ3) is 5.07. The fraction of sp³-hybridized carbons (Fsp3) is 0.500. The van der Waals surface area contributed by atoms with Crippen molar-refractivity contribution in [2.75, 3.05) is 0 Å². The van der Waals surface area contributed by atoms with Crippen LogP contribution in [0, 0.1) is 5.41 Å². The van der Waals surface area contributed by atoms with Crippen molar-refractivity contribution in [3.05, 3.63) is 30.1 Å².